The number of nitrogens with two attached hydrogens (primary N) is 1. The first-order valence-corrected chi connectivity index (χ1v) is 6.44. The molecule has 0 aliphatic heterocycles. The largest absolute Gasteiger partial charge is 0.497 e. The predicted octanol–water partition coefficient (Wildman–Crippen LogP) is 3.31. The minimum atomic E-state index is -4.15. The first kappa shape index (κ1) is 16.6. The van der Waals surface area contributed by atoms with E-state index in [1.54, 1.807) is 12.1 Å². The van der Waals surface area contributed by atoms with Gasteiger partial charge in [-0.05, 0) is 31.4 Å². The van der Waals surface area contributed by atoms with Crippen LogP contribution in [0.1, 0.15) is 25.3 Å². The second-order valence-electron chi connectivity index (χ2n) is 4.72. The first-order valence-electron chi connectivity index (χ1n) is 6.44. The molecule has 20 heavy (non-hydrogen) atoms. The van der Waals surface area contributed by atoms with Gasteiger partial charge in [0.15, 0.2) is 0 Å². The minimum absolute atomic E-state index is 0.0125. The maximum absolute atomic E-state index is 12.1. The number of hydrogen-bond acceptors (Lipinski definition) is 3. The van der Waals surface area contributed by atoms with Crippen molar-refractivity contribution in [3.63, 3.8) is 0 Å². The van der Waals surface area contributed by atoms with Gasteiger partial charge in [-0.25, -0.2) is 0 Å². The molecule has 0 radical (unpaired) electrons. The fourth-order valence-electron chi connectivity index (χ4n) is 1.77. The fraction of sp³-hybridized carbons (Fsp3) is 0.571. The average Bonchev–Trinajstić information content (AvgIpc) is 2.34. The molecule has 1 atom stereocenters. The summed E-state index contributed by atoms with van der Waals surface area (Å²) in [5.74, 6) is 1.13. The van der Waals surface area contributed by atoms with E-state index in [0.29, 0.717) is 17.9 Å². The summed E-state index contributed by atoms with van der Waals surface area (Å²) in [6.45, 7) is 1.87. The Kier molecular flexibility index (Phi) is 6.13. The third-order valence-electron chi connectivity index (χ3n) is 2.68. The van der Waals surface area contributed by atoms with Gasteiger partial charge >= 0.3 is 6.18 Å². The van der Waals surface area contributed by atoms with Crippen molar-refractivity contribution < 1.29 is 22.6 Å². The number of halogens is 3. The van der Waals surface area contributed by atoms with Crippen LogP contribution >= 0.6 is 0 Å². The van der Waals surface area contributed by atoms with Gasteiger partial charge in [0.25, 0.3) is 0 Å². The molecule has 3 nitrogen and oxygen atoms in total. The van der Waals surface area contributed by atoms with Crippen LogP contribution in [0.5, 0.6) is 11.5 Å². The lowest BCUT2D eigenvalue weighted by Gasteiger charge is -2.15. The smallest absolute Gasteiger partial charge is 0.389 e. The van der Waals surface area contributed by atoms with Crippen molar-refractivity contribution >= 4 is 0 Å². The Hall–Kier alpha value is -1.43. The molecule has 1 rings (SSSR count). The highest BCUT2D eigenvalue weighted by Crippen LogP contribution is 2.27. The maximum atomic E-state index is 12.1. The van der Waals surface area contributed by atoms with Gasteiger partial charge in [-0.2, -0.15) is 13.2 Å². The topological polar surface area (TPSA) is 44.5 Å². The van der Waals surface area contributed by atoms with E-state index in [1.807, 2.05) is 13.0 Å². The Labute approximate surface area is 116 Å². The van der Waals surface area contributed by atoms with Crippen LogP contribution in [0.2, 0.25) is 0 Å². The van der Waals surface area contributed by atoms with E-state index in [-0.39, 0.29) is 19.1 Å². The molecule has 0 amide bonds. The van der Waals surface area contributed by atoms with E-state index >= 15 is 0 Å². The number of methoxy groups -OCH3 is 1. The summed E-state index contributed by atoms with van der Waals surface area (Å²) in [6.07, 6.45) is -4.47. The van der Waals surface area contributed by atoms with E-state index in [2.05, 4.69) is 0 Å². The average molecular weight is 291 g/mol. The highest BCUT2D eigenvalue weighted by molar-refractivity contribution is 5.41. The molecule has 0 saturated heterocycles. The van der Waals surface area contributed by atoms with Gasteiger partial charge in [0.2, 0.25) is 0 Å². The quantitative estimate of drug-likeness (QED) is 0.784. The van der Waals surface area contributed by atoms with Gasteiger partial charge in [-0.1, -0.05) is 6.07 Å². The molecule has 114 valence electrons. The molecule has 0 bridgehead atoms. The van der Waals surface area contributed by atoms with Crippen LogP contribution in [0.4, 0.5) is 13.2 Å². The van der Waals surface area contributed by atoms with Crippen LogP contribution < -0.4 is 15.2 Å². The van der Waals surface area contributed by atoms with Crippen molar-refractivity contribution in [3.8, 4) is 11.5 Å². The maximum Gasteiger partial charge on any atom is 0.389 e. The normalized spacial score (nSPS) is 13.1. The monoisotopic (exact) mass is 291 g/mol. The fourth-order valence-corrected chi connectivity index (χ4v) is 1.77. The molecule has 6 heteroatoms. The Morgan fingerprint density at radius 2 is 2.00 bits per heavy atom. The molecule has 2 N–H and O–H groups in total. The lowest BCUT2D eigenvalue weighted by Crippen LogP contribution is -2.18. The van der Waals surface area contributed by atoms with Crippen molar-refractivity contribution in [1.29, 1.82) is 0 Å². The van der Waals surface area contributed by atoms with Crippen LogP contribution in [0.15, 0.2) is 18.2 Å². The van der Waals surface area contributed by atoms with Crippen LogP contribution in [0, 0.1) is 0 Å². The molecular formula is C14H20F3NO2. The zero-order valence-electron chi connectivity index (χ0n) is 11.7. The third kappa shape index (κ3) is 6.14. The van der Waals surface area contributed by atoms with Crippen LogP contribution in [0.25, 0.3) is 0 Å². The van der Waals surface area contributed by atoms with Gasteiger partial charge in [0, 0.05) is 18.5 Å². The number of hydrogen-bond donors (Lipinski definition) is 1. The molecule has 1 aromatic carbocycles. The number of ether oxygens (including phenoxy) is 2. The highest BCUT2D eigenvalue weighted by Gasteiger charge is 2.26. The summed E-state index contributed by atoms with van der Waals surface area (Å²) < 4.78 is 46.7. The second-order valence-corrected chi connectivity index (χ2v) is 4.72. The Morgan fingerprint density at radius 3 is 2.55 bits per heavy atom. The van der Waals surface area contributed by atoms with Crippen LogP contribution in [-0.2, 0) is 6.42 Å². The zero-order valence-corrected chi connectivity index (χ0v) is 11.7. The van der Waals surface area contributed by atoms with Crippen molar-refractivity contribution in [2.24, 2.45) is 5.73 Å². The Balaban J connectivity index is 2.65. The van der Waals surface area contributed by atoms with E-state index < -0.39 is 12.6 Å². The number of alkyl halides is 3. The van der Waals surface area contributed by atoms with Crippen molar-refractivity contribution in [2.75, 3.05) is 13.7 Å². The molecule has 0 saturated carbocycles. The molecule has 0 aromatic heterocycles. The van der Waals surface area contributed by atoms with Gasteiger partial charge in [-0.3, -0.25) is 0 Å². The van der Waals surface area contributed by atoms with Crippen molar-refractivity contribution in [3.05, 3.63) is 23.8 Å². The van der Waals surface area contributed by atoms with Gasteiger partial charge in [0.05, 0.1) is 13.7 Å². The minimum Gasteiger partial charge on any atom is -0.497 e. The number of benzene rings is 1. The zero-order chi connectivity index (χ0) is 15.2. The lowest BCUT2D eigenvalue weighted by atomic mass is 10.1. The predicted molar refractivity (Wildman–Crippen MR) is 71.1 cm³/mol. The highest BCUT2D eigenvalue weighted by atomic mass is 19.4. The molecular weight excluding hydrogens is 271 g/mol. The van der Waals surface area contributed by atoms with Crippen molar-refractivity contribution in [2.45, 2.75) is 38.4 Å². The third-order valence-corrected chi connectivity index (χ3v) is 2.68. The molecule has 1 unspecified atom stereocenters. The molecule has 0 aliphatic rings. The molecule has 0 spiro atoms. The van der Waals surface area contributed by atoms with Gasteiger partial charge < -0.3 is 15.2 Å². The van der Waals surface area contributed by atoms with Crippen LogP contribution in [-0.4, -0.2) is 25.9 Å². The second kappa shape index (κ2) is 7.38. The summed E-state index contributed by atoms with van der Waals surface area (Å²) in [5, 5.41) is 0. The van der Waals surface area contributed by atoms with Crippen molar-refractivity contribution in [1.82, 2.24) is 0 Å². The summed E-state index contributed by atoms with van der Waals surface area (Å²) >= 11 is 0. The van der Waals surface area contributed by atoms with E-state index in [1.165, 1.54) is 7.11 Å². The van der Waals surface area contributed by atoms with E-state index in [4.69, 9.17) is 15.2 Å². The summed E-state index contributed by atoms with van der Waals surface area (Å²) in [5.41, 5.74) is 6.61. The summed E-state index contributed by atoms with van der Waals surface area (Å²) in [7, 11) is 1.52. The summed E-state index contributed by atoms with van der Waals surface area (Å²) in [6, 6.07) is 5.22. The molecule has 0 heterocycles. The van der Waals surface area contributed by atoms with E-state index in [0.717, 1.165) is 5.56 Å². The molecule has 0 fully saturated rings. The number of rotatable bonds is 7. The van der Waals surface area contributed by atoms with Gasteiger partial charge in [0.1, 0.15) is 11.5 Å². The standard InChI is InChI=1S/C14H20F3NO2/c1-10(18)8-11-4-5-12(19-2)9-13(11)20-7-3-6-14(15,16)17/h4-5,9-10H,3,6-8,18H2,1-2H3. The molecule has 0 aliphatic carbocycles. The summed E-state index contributed by atoms with van der Waals surface area (Å²) in [4.78, 5) is 0. The first-order chi connectivity index (χ1) is 9.31. The van der Waals surface area contributed by atoms with Gasteiger partial charge in [-0.15, -0.1) is 0 Å². The Morgan fingerprint density at radius 1 is 1.30 bits per heavy atom. The Bertz CT molecular complexity index is 419. The lowest BCUT2D eigenvalue weighted by molar-refractivity contribution is -0.136. The van der Waals surface area contributed by atoms with Crippen LogP contribution in [0.3, 0.4) is 0 Å². The SMILES string of the molecule is COc1ccc(CC(C)N)c(OCCCC(F)(F)F)c1. The molecule has 1 aromatic rings. The van der Waals surface area contributed by atoms with E-state index in [9.17, 15) is 13.2 Å².